The number of ether oxygens (including phenoxy) is 1. The van der Waals surface area contributed by atoms with Crippen molar-refractivity contribution in [3.8, 4) is 5.75 Å². The van der Waals surface area contributed by atoms with Crippen LogP contribution in [0.3, 0.4) is 0 Å². The number of hydrogen-bond acceptors (Lipinski definition) is 7. The summed E-state index contributed by atoms with van der Waals surface area (Å²) in [6.45, 7) is 1.11. The molecule has 1 amide bonds. The van der Waals surface area contributed by atoms with E-state index >= 15 is 0 Å². The highest BCUT2D eigenvalue weighted by Crippen LogP contribution is 2.33. The maximum absolute atomic E-state index is 13.6. The molecule has 2 heterocycles. The van der Waals surface area contributed by atoms with Gasteiger partial charge in [-0.2, -0.15) is 5.10 Å². The minimum absolute atomic E-state index is 0.262. The van der Waals surface area contributed by atoms with Crippen LogP contribution >= 0.6 is 0 Å². The van der Waals surface area contributed by atoms with Gasteiger partial charge in [0.2, 0.25) is 5.91 Å². The van der Waals surface area contributed by atoms with E-state index in [1.54, 1.807) is 37.6 Å². The summed E-state index contributed by atoms with van der Waals surface area (Å²) < 4.78 is 20.9. The molecule has 0 aliphatic rings. The van der Waals surface area contributed by atoms with Crippen molar-refractivity contribution in [3.05, 3.63) is 90.7 Å². The van der Waals surface area contributed by atoms with Gasteiger partial charge in [0.25, 0.3) is 0 Å². The van der Waals surface area contributed by atoms with Gasteiger partial charge in [-0.3, -0.25) is 9.48 Å². The lowest BCUT2D eigenvalue weighted by molar-refractivity contribution is -0.111. The number of fused-ring (bicyclic) bond motifs is 2. The highest BCUT2D eigenvalue weighted by Gasteiger charge is 2.13. The molecule has 10 heteroatoms. The van der Waals surface area contributed by atoms with E-state index in [4.69, 9.17) is 4.74 Å². The molecule has 0 aliphatic carbocycles. The van der Waals surface area contributed by atoms with E-state index in [2.05, 4.69) is 25.7 Å². The zero-order valence-electron chi connectivity index (χ0n) is 21.9. The average Bonchev–Trinajstić information content (AvgIpc) is 3.30. The number of benzene rings is 3. The van der Waals surface area contributed by atoms with Crippen LogP contribution < -0.4 is 15.4 Å². The summed E-state index contributed by atoms with van der Waals surface area (Å²) in [7, 11) is 5.41. The summed E-state index contributed by atoms with van der Waals surface area (Å²) >= 11 is 0. The lowest BCUT2D eigenvalue weighted by Crippen LogP contribution is -2.13. The van der Waals surface area contributed by atoms with E-state index in [-0.39, 0.29) is 11.7 Å². The molecule has 3 aromatic carbocycles. The first kappa shape index (κ1) is 25.8. The zero-order chi connectivity index (χ0) is 27.4. The molecule has 0 spiro atoms. The van der Waals surface area contributed by atoms with E-state index in [1.165, 1.54) is 24.5 Å². The molecule has 0 saturated carbocycles. The fourth-order valence-corrected chi connectivity index (χ4v) is 4.23. The second-order valence-electron chi connectivity index (χ2n) is 9.28. The second-order valence-corrected chi connectivity index (χ2v) is 9.28. The first-order valence-corrected chi connectivity index (χ1v) is 12.3. The van der Waals surface area contributed by atoms with Gasteiger partial charge in [0, 0.05) is 35.1 Å². The Morgan fingerprint density at radius 3 is 2.79 bits per heavy atom. The lowest BCUT2D eigenvalue weighted by Gasteiger charge is -2.13. The molecule has 39 heavy (non-hydrogen) atoms. The van der Waals surface area contributed by atoms with Crippen molar-refractivity contribution in [1.82, 2.24) is 24.6 Å². The quantitative estimate of drug-likeness (QED) is 0.262. The third-order valence-corrected chi connectivity index (χ3v) is 6.08. The minimum atomic E-state index is -0.270. The second kappa shape index (κ2) is 11.3. The highest BCUT2D eigenvalue weighted by atomic mass is 19.1. The fraction of sp³-hybridized carbons (Fsp3) is 0.172. The van der Waals surface area contributed by atoms with Crippen LogP contribution in [0.1, 0.15) is 5.56 Å². The maximum Gasteiger partial charge on any atom is 0.248 e. The third-order valence-electron chi connectivity index (χ3n) is 6.08. The molecule has 5 aromatic rings. The SMILES string of the molecule is COc1cc2ncnc(Nc3ccc4c(cnn4Cc4cccc(F)c4)c3)c2cc1NC(=O)/C=C/CN(C)C. The number of likely N-dealkylation sites (N-methyl/N-ethyl adjacent to an activating group) is 1. The predicted molar refractivity (Wildman–Crippen MR) is 151 cm³/mol. The average molecular weight is 526 g/mol. The Labute approximate surface area is 224 Å². The summed E-state index contributed by atoms with van der Waals surface area (Å²) in [5.41, 5.74) is 3.74. The smallest absolute Gasteiger partial charge is 0.248 e. The molecule has 0 bridgehead atoms. The number of hydrogen-bond donors (Lipinski definition) is 2. The standard InChI is InChI=1S/C29H28FN7O2/c1-36(2)11-5-8-28(38)35-25-14-23-24(15-27(25)39-3)31-18-32-29(23)34-22-9-10-26-20(13-22)16-33-37(26)17-19-6-4-7-21(30)12-19/h4-10,12-16,18H,11,17H2,1-3H3,(H,35,38)(H,31,32,34)/b8-5+. The highest BCUT2D eigenvalue weighted by molar-refractivity contribution is 6.03. The molecular weight excluding hydrogens is 497 g/mol. The van der Waals surface area contributed by atoms with E-state index in [0.29, 0.717) is 41.2 Å². The first-order chi connectivity index (χ1) is 18.9. The van der Waals surface area contributed by atoms with Gasteiger partial charge in [-0.05, 0) is 56.1 Å². The number of amides is 1. The zero-order valence-corrected chi connectivity index (χ0v) is 21.9. The number of nitrogens with one attached hydrogen (secondary N) is 2. The molecule has 0 radical (unpaired) electrons. The fourth-order valence-electron chi connectivity index (χ4n) is 4.23. The van der Waals surface area contributed by atoms with Crippen molar-refractivity contribution in [2.24, 2.45) is 0 Å². The maximum atomic E-state index is 13.6. The Morgan fingerprint density at radius 1 is 1.13 bits per heavy atom. The molecule has 5 rings (SSSR count). The molecule has 2 aromatic heterocycles. The Kier molecular flexibility index (Phi) is 7.46. The molecule has 0 fully saturated rings. The van der Waals surface area contributed by atoms with Gasteiger partial charge < -0.3 is 20.3 Å². The Balaban J connectivity index is 1.41. The first-order valence-electron chi connectivity index (χ1n) is 12.3. The van der Waals surface area contributed by atoms with Crippen molar-refractivity contribution in [3.63, 3.8) is 0 Å². The van der Waals surface area contributed by atoms with Crippen LogP contribution in [0, 0.1) is 5.82 Å². The van der Waals surface area contributed by atoms with E-state index in [9.17, 15) is 9.18 Å². The molecule has 0 aliphatic heterocycles. The molecule has 0 unspecified atom stereocenters. The summed E-state index contributed by atoms with van der Waals surface area (Å²) in [5, 5.41) is 12.4. The Morgan fingerprint density at radius 2 is 2.00 bits per heavy atom. The van der Waals surface area contributed by atoms with Gasteiger partial charge >= 0.3 is 0 Å². The van der Waals surface area contributed by atoms with Gasteiger partial charge in [-0.1, -0.05) is 18.2 Å². The van der Waals surface area contributed by atoms with Gasteiger partial charge in [0.1, 0.15) is 23.7 Å². The molecule has 198 valence electrons. The van der Waals surface area contributed by atoms with E-state index < -0.39 is 0 Å². The Bertz CT molecular complexity index is 1680. The third kappa shape index (κ3) is 6.02. The molecule has 9 nitrogen and oxygen atoms in total. The number of nitrogens with zero attached hydrogens (tertiary/aromatic N) is 5. The van der Waals surface area contributed by atoms with Crippen LogP contribution in [0.2, 0.25) is 0 Å². The number of carbonyl (C=O) groups excluding carboxylic acids is 1. The normalized spacial score (nSPS) is 11.5. The summed E-state index contributed by atoms with van der Waals surface area (Å²) in [4.78, 5) is 23.3. The number of carbonyl (C=O) groups is 1. The van der Waals surface area contributed by atoms with Crippen LogP contribution in [-0.4, -0.2) is 58.3 Å². The summed E-state index contributed by atoms with van der Waals surface area (Å²) in [6.07, 6.45) is 6.53. The number of methoxy groups -OCH3 is 1. The monoisotopic (exact) mass is 525 g/mol. The van der Waals surface area contributed by atoms with Crippen molar-refractivity contribution >= 4 is 44.9 Å². The lowest BCUT2D eigenvalue weighted by atomic mass is 10.1. The van der Waals surface area contributed by atoms with Crippen LogP contribution in [0.15, 0.2) is 79.3 Å². The van der Waals surface area contributed by atoms with Crippen molar-refractivity contribution in [2.75, 3.05) is 38.4 Å². The van der Waals surface area contributed by atoms with Gasteiger partial charge in [-0.15, -0.1) is 0 Å². The molecular formula is C29H28FN7O2. The minimum Gasteiger partial charge on any atom is -0.494 e. The number of aromatic nitrogens is 4. The Hall–Kier alpha value is -4.83. The van der Waals surface area contributed by atoms with Crippen molar-refractivity contribution < 1.29 is 13.9 Å². The van der Waals surface area contributed by atoms with Gasteiger partial charge in [0.05, 0.1) is 36.6 Å². The number of halogens is 1. The van der Waals surface area contributed by atoms with E-state index in [1.807, 2.05) is 47.9 Å². The molecule has 2 N–H and O–H groups in total. The predicted octanol–water partition coefficient (Wildman–Crippen LogP) is 4.98. The summed E-state index contributed by atoms with van der Waals surface area (Å²) in [6, 6.07) is 15.9. The van der Waals surface area contributed by atoms with Gasteiger partial charge in [-0.25, -0.2) is 14.4 Å². The van der Waals surface area contributed by atoms with Crippen LogP contribution in [-0.2, 0) is 11.3 Å². The number of rotatable bonds is 9. The van der Waals surface area contributed by atoms with Crippen LogP contribution in [0.5, 0.6) is 5.75 Å². The van der Waals surface area contributed by atoms with Crippen LogP contribution in [0.25, 0.3) is 21.8 Å². The van der Waals surface area contributed by atoms with E-state index in [0.717, 1.165) is 22.2 Å². The topological polar surface area (TPSA) is 97.2 Å². The van der Waals surface area contributed by atoms with Crippen LogP contribution in [0.4, 0.5) is 21.6 Å². The van der Waals surface area contributed by atoms with Crippen molar-refractivity contribution in [2.45, 2.75) is 6.54 Å². The molecule has 0 atom stereocenters. The van der Waals surface area contributed by atoms with Crippen molar-refractivity contribution in [1.29, 1.82) is 0 Å². The molecule has 0 saturated heterocycles. The largest absolute Gasteiger partial charge is 0.494 e. The van der Waals surface area contributed by atoms with Gasteiger partial charge in [0.15, 0.2) is 0 Å². The number of anilines is 3. The summed E-state index contributed by atoms with van der Waals surface area (Å²) in [5.74, 6) is 0.539.